The molecule has 0 radical (unpaired) electrons. The van der Waals surface area contributed by atoms with E-state index in [2.05, 4.69) is 12.2 Å². The van der Waals surface area contributed by atoms with E-state index in [1.54, 1.807) is 12.1 Å². The minimum absolute atomic E-state index is 0.0391. The van der Waals surface area contributed by atoms with Gasteiger partial charge in [0.05, 0.1) is 5.56 Å². The van der Waals surface area contributed by atoms with Crippen molar-refractivity contribution in [1.29, 1.82) is 0 Å². The molecule has 4 heteroatoms. The van der Waals surface area contributed by atoms with Crippen LogP contribution >= 0.6 is 0 Å². The summed E-state index contributed by atoms with van der Waals surface area (Å²) in [6.07, 6.45) is -0.286. The van der Waals surface area contributed by atoms with E-state index in [1.165, 1.54) is 12.1 Å². The fourth-order valence-electron chi connectivity index (χ4n) is 3.23. The predicted octanol–water partition coefficient (Wildman–Crippen LogP) is 4.59. The first-order valence-corrected chi connectivity index (χ1v) is 7.41. The van der Waals surface area contributed by atoms with E-state index in [0.717, 1.165) is 38.8 Å². The standard InChI is InChI=1S/C16H22F3N/c1-2-10-20-11-12-6-5-8-13(12)14-7-3-4-9-15(14)16(17,18)19/h3-4,7,9,12-13,20H,2,5-6,8,10-11H2,1H3. The van der Waals surface area contributed by atoms with Gasteiger partial charge in [-0.1, -0.05) is 31.5 Å². The van der Waals surface area contributed by atoms with Crippen LogP contribution in [0.4, 0.5) is 13.2 Å². The molecular weight excluding hydrogens is 263 g/mol. The minimum Gasteiger partial charge on any atom is -0.316 e. The zero-order valence-corrected chi connectivity index (χ0v) is 11.8. The van der Waals surface area contributed by atoms with E-state index in [4.69, 9.17) is 0 Å². The third-order valence-electron chi connectivity index (χ3n) is 4.16. The topological polar surface area (TPSA) is 12.0 Å². The van der Waals surface area contributed by atoms with Crippen molar-refractivity contribution in [2.24, 2.45) is 5.92 Å². The second-order valence-corrected chi connectivity index (χ2v) is 5.59. The Hall–Kier alpha value is -1.03. The molecule has 1 N–H and O–H groups in total. The van der Waals surface area contributed by atoms with Crippen LogP contribution in [0.25, 0.3) is 0 Å². The lowest BCUT2D eigenvalue weighted by atomic mass is 9.85. The molecule has 1 aliphatic carbocycles. The summed E-state index contributed by atoms with van der Waals surface area (Å²) in [6.45, 7) is 3.85. The highest BCUT2D eigenvalue weighted by molar-refractivity contribution is 5.34. The van der Waals surface area contributed by atoms with Crippen molar-refractivity contribution in [3.05, 3.63) is 35.4 Å². The highest BCUT2D eigenvalue weighted by atomic mass is 19.4. The van der Waals surface area contributed by atoms with Crippen LogP contribution in [-0.4, -0.2) is 13.1 Å². The molecule has 1 aromatic carbocycles. The zero-order chi connectivity index (χ0) is 14.6. The summed E-state index contributed by atoms with van der Waals surface area (Å²) >= 11 is 0. The molecule has 1 aliphatic rings. The van der Waals surface area contributed by atoms with E-state index in [1.807, 2.05) is 0 Å². The largest absolute Gasteiger partial charge is 0.416 e. The van der Waals surface area contributed by atoms with Crippen LogP contribution in [0.2, 0.25) is 0 Å². The van der Waals surface area contributed by atoms with E-state index >= 15 is 0 Å². The first-order valence-electron chi connectivity index (χ1n) is 7.41. The number of halogens is 3. The summed E-state index contributed by atoms with van der Waals surface area (Å²) < 4.78 is 39.4. The van der Waals surface area contributed by atoms with Crippen molar-refractivity contribution in [3.63, 3.8) is 0 Å². The van der Waals surface area contributed by atoms with E-state index < -0.39 is 11.7 Å². The van der Waals surface area contributed by atoms with Crippen molar-refractivity contribution in [1.82, 2.24) is 5.32 Å². The molecule has 0 heterocycles. The normalized spacial score (nSPS) is 23.2. The van der Waals surface area contributed by atoms with Gasteiger partial charge in [0.2, 0.25) is 0 Å². The van der Waals surface area contributed by atoms with Crippen LogP contribution in [0.1, 0.15) is 49.7 Å². The Morgan fingerprint density at radius 1 is 1.20 bits per heavy atom. The van der Waals surface area contributed by atoms with Crippen molar-refractivity contribution in [3.8, 4) is 0 Å². The molecule has 1 aromatic rings. The van der Waals surface area contributed by atoms with Gasteiger partial charge in [0.15, 0.2) is 0 Å². The van der Waals surface area contributed by atoms with Crippen molar-refractivity contribution >= 4 is 0 Å². The molecule has 2 unspecified atom stereocenters. The molecule has 1 saturated carbocycles. The minimum atomic E-state index is -4.25. The number of hydrogen-bond acceptors (Lipinski definition) is 1. The Morgan fingerprint density at radius 2 is 1.95 bits per heavy atom. The van der Waals surface area contributed by atoms with Gasteiger partial charge in [0.25, 0.3) is 0 Å². The fraction of sp³-hybridized carbons (Fsp3) is 0.625. The molecule has 0 spiro atoms. The number of benzene rings is 1. The number of nitrogens with one attached hydrogen (secondary N) is 1. The first-order chi connectivity index (χ1) is 9.54. The molecule has 20 heavy (non-hydrogen) atoms. The lowest BCUT2D eigenvalue weighted by Gasteiger charge is -2.24. The molecule has 112 valence electrons. The van der Waals surface area contributed by atoms with Gasteiger partial charge >= 0.3 is 6.18 Å². The third-order valence-corrected chi connectivity index (χ3v) is 4.16. The number of rotatable bonds is 5. The highest BCUT2D eigenvalue weighted by Gasteiger charge is 2.38. The van der Waals surface area contributed by atoms with Gasteiger partial charge in [-0.05, 0) is 55.8 Å². The fourth-order valence-corrected chi connectivity index (χ4v) is 3.23. The quantitative estimate of drug-likeness (QED) is 0.780. The van der Waals surface area contributed by atoms with Crippen LogP contribution < -0.4 is 5.32 Å². The Balaban J connectivity index is 2.17. The van der Waals surface area contributed by atoms with Crippen LogP contribution in [0, 0.1) is 5.92 Å². The summed E-state index contributed by atoms with van der Waals surface area (Å²) in [5, 5.41) is 3.35. The second-order valence-electron chi connectivity index (χ2n) is 5.59. The molecule has 0 aromatic heterocycles. The van der Waals surface area contributed by atoms with Gasteiger partial charge in [0, 0.05) is 0 Å². The summed E-state index contributed by atoms with van der Waals surface area (Å²) in [5.41, 5.74) is 0.0354. The maximum absolute atomic E-state index is 13.1. The maximum Gasteiger partial charge on any atom is 0.416 e. The summed E-state index contributed by atoms with van der Waals surface area (Å²) in [5.74, 6) is 0.363. The molecule has 0 amide bonds. The Kier molecular flexibility index (Phi) is 5.08. The lowest BCUT2D eigenvalue weighted by Crippen LogP contribution is -2.26. The van der Waals surface area contributed by atoms with Crippen molar-refractivity contribution in [2.45, 2.75) is 44.7 Å². The highest BCUT2D eigenvalue weighted by Crippen LogP contribution is 2.44. The molecule has 0 bridgehead atoms. The predicted molar refractivity (Wildman–Crippen MR) is 74.7 cm³/mol. The average molecular weight is 285 g/mol. The van der Waals surface area contributed by atoms with Crippen LogP contribution in [0.5, 0.6) is 0 Å². The Labute approximate surface area is 118 Å². The van der Waals surface area contributed by atoms with Gasteiger partial charge < -0.3 is 5.32 Å². The molecular formula is C16H22F3N. The second kappa shape index (κ2) is 6.61. The molecule has 0 aliphatic heterocycles. The van der Waals surface area contributed by atoms with Crippen LogP contribution in [-0.2, 0) is 6.18 Å². The molecule has 0 saturated heterocycles. The molecule has 1 fully saturated rings. The lowest BCUT2D eigenvalue weighted by molar-refractivity contribution is -0.138. The van der Waals surface area contributed by atoms with Crippen LogP contribution in [0.15, 0.2) is 24.3 Å². The summed E-state index contributed by atoms with van der Waals surface area (Å²) in [7, 11) is 0. The van der Waals surface area contributed by atoms with Gasteiger partial charge in [-0.15, -0.1) is 0 Å². The smallest absolute Gasteiger partial charge is 0.316 e. The molecule has 1 nitrogen and oxygen atoms in total. The van der Waals surface area contributed by atoms with Gasteiger partial charge in [-0.3, -0.25) is 0 Å². The van der Waals surface area contributed by atoms with E-state index in [0.29, 0.717) is 11.5 Å². The van der Waals surface area contributed by atoms with Crippen molar-refractivity contribution < 1.29 is 13.2 Å². The van der Waals surface area contributed by atoms with Gasteiger partial charge in [-0.25, -0.2) is 0 Å². The van der Waals surface area contributed by atoms with Crippen molar-refractivity contribution in [2.75, 3.05) is 13.1 Å². The summed E-state index contributed by atoms with van der Waals surface area (Å²) in [6, 6.07) is 6.07. The maximum atomic E-state index is 13.1. The zero-order valence-electron chi connectivity index (χ0n) is 11.8. The molecule has 2 rings (SSSR count). The number of alkyl halides is 3. The third kappa shape index (κ3) is 3.54. The van der Waals surface area contributed by atoms with E-state index in [9.17, 15) is 13.2 Å². The number of hydrogen-bond donors (Lipinski definition) is 1. The van der Waals surface area contributed by atoms with Gasteiger partial charge in [0.1, 0.15) is 0 Å². The van der Waals surface area contributed by atoms with Gasteiger partial charge in [-0.2, -0.15) is 13.2 Å². The average Bonchev–Trinajstić information content (AvgIpc) is 2.86. The Morgan fingerprint density at radius 3 is 2.65 bits per heavy atom. The Bertz CT molecular complexity index is 428. The SMILES string of the molecule is CCCNCC1CCCC1c1ccccc1C(F)(F)F. The van der Waals surface area contributed by atoms with E-state index in [-0.39, 0.29) is 5.92 Å². The first kappa shape index (κ1) is 15.4. The molecule has 2 atom stereocenters. The van der Waals surface area contributed by atoms with Crippen LogP contribution in [0.3, 0.4) is 0 Å². The summed E-state index contributed by atoms with van der Waals surface area (Å²) in [4.78, 5) is 0. The monoisotopic (exact) mass is 285 g/mol.